The lowest BCUT2D eigenvalue weighted by atomic mass is 10.0. The Morgan fingerprint density at radius 2 is 2.00 bits per heavy atom. The van der Waals surface area contributed by atoms with Gasteiger partial charge in [0.25, 0.3) is 0 Å². The second-order valence-corrected chi connectivity index (χ2v) is 4.34. The van der Waals surface area contributed by atoms with E-state index in [0.717, 1.165) is 12.2 Å². The fourth-order valence-electron chi connectivity index (χ4n) is 1.74. The van der Waals surface area contributed by atoms with Crippen molar-refractivity contribution in [2.45, 2.75) is 47.1 Å². The molecule has 0 aromatic heterocycles. The first-order valence-electron chi connectivity index (χ1n) is 5.99. The van der Waals surface area contributed by atoms with Gasteiger partial charge < -0.3 is 4.74 Å². The van der Waals surface area contributed by atoms with E-state index < -0.39 is 0 Å². The summed E-state index contributed by atoms with van der Waals surface area (Å²) in [6, 6.07) is 4.34. The zero-order valence-electron chi connectivity index (χ0n) is 11.0. The van der Waals surface area contributed by atoms with Crippen LogP contribution >= 0.6 is 0 Å². The summed E-state index contributed by atoms with van der Waals surface area (Å²) in [6.45, 7) is 10.5. The average molecular weight is 218 g/mol. The molecule has 0 fully saturated rings. The van der Waals surface area contributed by atoms with Crippen LogP contribution in [0.1, 0.15) is 43.9 Å². The smallest absolute Gasteiger partial charge is 0.129 e. The minimum atomic E-state index is 0.269. The largest absolute Gasteiger partial charge is 0.490 e. The van der Waals surface area contributed by atoms with E-state index in [1.807, 2.05) is 6.92 Å². The zero-order valence-corrected chi connectivity index (χ0v) is 11.0. The minimum absolute atomic E-state index is 0.269. The lowest BCUT2D eigenvalue weighted by Gasteiger charge is -2.17. The van der Waals surface area contributed by atoms with Crippen molar-refractivity contribution in [3.63, 3.8) is 0 Å². The van der Waals surface area contributed by atoms with Crippen molar-refractivity contribution in [1.82, 2.24) is 0 Å². The monoisotopic (exact) mass is 218 g/mol. The van der Waals surface area contributed by atoms with Crippen LogP contribution < -0.4 is 4.74 Å². The van der Waals surface area contributed by atoms with Crippen molar-refractivity contribution < 1.29 is 4.74 Å². The van der Waals surface area contributed by atoms with Gasteiger partial charge in [-0.1, -0.05) is 30.7 Å². The van der Waals surface area contributed by atoms with Crippen molar-refractivity contribution in [2.75, 3.05) is 0 Å². The van der Waals surface area contributed by atoms with Crippen molar-refractivity contribution in [2.24, 2.45) is 0 Å². The second kappa shape index (κ2) is 5.74. The van der Waals surface area contributed by atoms with E-state index in [0.29, 0.717) is 0 Å². The van der Waals surface area contributed by atoms with Gasteiger partial charge in [-0.05, 0) is 45.7 Å². The first kappa shape index (κ1) is 12.8. The summed E-state index contributed by atoms with van der Waals surface area (Å²) in [4.78, 5) is 0. The summed E-state index contributed by atoms with van der Waals surface area (Å²) in [5.41, 5.74) is 3.68. The summed E-state index contributed by atoms with van der Waals surface area (Å²) >= 11 is 0. The van der Waals surface area contributed by atoms with Crippen LogP contribution in [0.15, 0.2) is 18.2 Å². The van der Waals surface area contributed by atoms with Gasteiger partial charge in [0.05, 0.1) is 6.10 Å². The standard InChI is InChI=1S/C15H22O/c1-6-8-14-10-11(3)9-12(4)15(14)16-13(5)7-2/h6,8-10,13H,7H2,1-5H3/b8-6-/t13-/m0/s1. The molecule has 88 valence electrons. The maximum absolute atomic E-state index is 5.98. The van der Waals surface area contributed by atoms with Crippen molar-refractivity contribution in [3.8, 4) is 5.75 Å². The van der Waals surface area contributed by atoms with Crippen LogP contribution in [0.3, 0.4) is 0 Å². The summed E-state index contributed by atoms with van der Waals surface area (Å²) in [7, 11) is 0. The summed E-state index contributed by atoms with van der Waals surface area (Å²) in [5.74, 6) is 1.03. The Morgan fingerprint density at radius 1 is 1.31 bits per heavy atom. The van der Waals surface area contributed by atoms with Crippen LogP contribution in [-0.4, -0.2) is 6.10 Å². The molecule has 0 saturated heterocycles. The first-order chi connectivity index (χ1) is 7.58. The Labute approximate surface area is 99.1 Å². The minimum Gasteiger partial charge on any atom is -0.490 e. The molecule has 0 N–H and O–H groups in total. The molecule has 0 aliphatic rings. The SMILES string of the molecule is C/C=C\c1cc(C)cc(C)c1O[C@@H](C)CC. The van der Waals surface area contributed by atoms with E-state index in [2.05, 4.69) is 52.0 Å². The van der Waals surface area contributed by atoms with Crippen LogP contribution in [0.4, 0.5) is 0 Å². The molecule has 0 aliphatic heterocycles. The number of benzene rings is 1. The maximum Gasteiger partial charge on any atom is 0.129 e. The van der Waals surface area contributed by atoms with Crippen molar-refractivity contribution in [1.29, 1.82) is 0 Å². The molecule has 1 heteroatoms. The number of allylic oxidation sites excluding steroid dienone is 1. The Kier molecular flexibility index (Phi) is 4.60. The molecule has 1 rings (SSSR count). The maximum atomic E-state index is 5.98. The Morgan fingerprint density at radius 3 is 2.56 bits per heavy atom. The Bertz CT molecular complexity index is 377. The molecule has 16 heavy (non-hydrogen) atoms. The predicted octanol–water partition coefficient (Wildman–Crippen LogP) is 4.51. The van der Waals surface area contributed by atoms with Gasteiger partial charge in [-0.25, -0.2) is 0 Å². The van der Waals surface area contributed by atoms with Gasteiger partial charge in [-0.2, -0.15) is 0 Å². The normalized spacial score (nSPS) is 13.1. The van der Waals surface area contributed by atoms with Crippen LogP contribution in [-0.2, 0) is 0 Å². The van der Waals surface area contributed by atoms with Crippen LogP contribution in [0.5, 0.6) is 5.75 Å². The molecule has 0 unspecified atom stereocenters. The molecule has 0 heterocycles. The van der Waals surface area contributed by atoms with Gasteiger partial charge in [0.2, 0.25) is 0 Å². The van der Waals surface area contributed by atoms with Crippen LogP contribution in [0.2, 0.25) is 0 Å². The summed E-state index contributed by atoms with van der Waals surface area (Å²) < 4.78 is 5.98. The average Bonchev–Trinajstić information content (AvgIpc) is 2.23. The molecule has 1 nitrogen and oxygen atoms in total. The molecule has 0 amide bonds. The van der Waals surface area contributed by atoms with Crippen LogP contribution in [0.25, 0.3) is 6.08 Å². The molecule has 1 atom stereocenters. The zero-order chi connectivity index (χ0) is 12.1. The van der Waals surface area contributed by atoms with E-state index in [1.165, 1.54) is 16.7 Å². The molecular formula is C15H22O. The molecule has 0 saturated carbocycles. The first-order valence-corrected chi connectivity index (χ1v) is 5.99. The molecule has 0 aliphatic carbocycles. The molecule has 0 spiro atoms. The van der Waals surface area contributed by atoms with Crippen molar-refractivity contribution >= 4 is 6.08 Å². The second-order valence-electron chi connectivity index (χ2n) is 4.34. The molecular weight excluding hydrogens is 196 g/mol. The van der Waals surface area contributed by atoms with E-state index in [-0.39, 0.29) is 6.10 Å². The van der Waals surface area contributed by atoms with Crippen LogP contribution in [0, 0.1) is 13.8 Å². The highest BCUT2D eigenvalue weighted by molar-refractivity contribution is 5.61. The number of hydrogen-bond donors (Lipinski definition) is 0. The molecule has 1 aromatic carbocycles. The fourth-order valence-corrected chi connectivity index (χ4v) is 1.74. The van der Waals surface area contributed by atoms with Gasteiger partial charge in [-0.15, -0.1) is 0 Å². The van der Waals surface area contributed by atoms with E-state index in [1.54, 1.807) is 0 Å². The van der Waals surface area contributed by atoms with Gasteiger partial charge >= 0.3 is 0 Å². The summed E-state index contributed by atoms with van der Waals surface area (Å²) in [5, 5.41) is 0. The lowest BCUT2D eigenvalue weighted by Crippen LogP contribution is -2.11. The van der Waals surface area contributed by atoms with E-state index >= 15 is 0 Å². The number of ether oxygens (including phenoxy) is 1. The molecule has 0 bridgehead atoms. The third-order valence-electron chi connectivity index (χ3n) is 2.69. The number of hydrogen-bond acceptors (Lipinski definition) is 1. The van der Waals surface area contributed by atoms with Crippen molar-refractivity contribution in [3.05, 3.63) is 34.9 Å². The number of rotatable bonds is 4. The third-order valence-corrected chi connectivity index (χ3v) is 2.69. The van der Waals surface area contributed by atoms with Gasteiger partial charge in [0.15, 0.2) is 0 Å². The third kappa shape index (κ3) is 3.13. The van der Waals surface area contributed by atoms with E-state index in [9.17, 15) is 0 Å². The quantitative estimate of drug-likeness (QED) is 0.722. The summed E-state index contributed by atoms with van der Waals surface area (Å²) in [6.07, 6.45) is 5.46. The van der Waals surface area contributed by atoms with Gasteiger partial charge in [-0.3, -0.25) is 0 Å². The van der Waals surface area contributed by atoms with Gasteiger partial charge in [0, 0.05) is 5.56 Å². The van der Waals surface area contributed by atoms with E-state index in [4.69, 9.17) is 4.74 Å². The van der Waals surface area contributed by atoms with Gasteiger partial charge in [0.1, 0.15) is 5.75 Å². The Hall–Kier alpha value is -1.24. The number of aryl methyl sites for hydroxylation is 2. The molecule has 0 radical (unpaired) electrons. The Balaban J connectivity index is 3.13. The highest BCUT2D eigenvalue weighted by Gasteiger charge is 2.09. The fraction of sp³-hybridized carbons (Fsp3) is 0.467. The predicted molar refractivity (Wildman–Crippen MR) is 71.0 cm³/mol. The topological polar surface area (TPSA) is 9.23 Å². The molecule has 1 aromatic rings. The highest BCUT2D eigenvalue weighted by Crippen LogP contribution is 2.28. The lowest BCUT2D eigenvalue weighted by molar-refractivity contribution is 0.215. The highest BCUT2D eigenvalue weighted by atomic mass is 16.5.